The zero-order valence-electron chi connectivity index (χ0n) is 18.5. The molecule has 2 heterocycles. The topological polar surface area (TPSA) is 83.0 Å². The number of aryl methyl sites for hydroxylation is 1. The van der Waals surface area contributed by atoms with Gasteiger partial charge in [0.25, 0.3) is 16.7 Å². The second-order valence-electron chi connectivity index (χ2n) is 7.68. The zero-order chi connectivity index (χ0) is 23.3. The van der Waals surface area contributed by atoms with Crippen LogP contribution in [0.2, 0.25) is 0 Å². The molecule has 0 aliphatic rings. The van der Waals surface area contributed by atoms with Gasteiger partial charge < -0.3 is 9.15 Å². The minimum atomic E-state index is -0.161. The standard InChI is InChI=1S/C26H22N4O3S/c1-18-9-5-8-14-22(18)32-15-16-34-26-28-27-24(33-26)23-20-12-6-7-13-21(20)25(31)30(29-23)17-19-10-3-2-4-11-19/h2-14H,15-17H2,1H3. The van der Waals surface area contributed by atoms with Crippen molar-refractivity contribution in [2.45, 2.75) is 18.7 Å². The first-order valence-corrected chi connectivity index (χ1v) is 11.9. The van der Waals surface area contributed by atoms with Crippen molar-refractivity contribution >= 4 is 22.5 Å². The van der Waals surface area contributed by atoms with Gasteiger partial charge in [-0.25, -0.2) is 4.68 Å². The Bertz CT molecular complexity index is 1480. The fraction of sp³-hybridized carbons (Fsp3) is 0.154. The molecule has 0 bridgehead atoms. The Balaban J connectivity index is 1.37. The second kappa shape index (κ2) is 9.93. The van der Waals surface area contributed by atoms with Gasteiger partial charge in [-0.3, -0.25) is 4.79 Å². The number of ether oxygens (including phenoxy) is 1. The van der Waals surface area contributed by atoms with Crippen molar-refractivity contribution in [3.63, 3.8) is 0 Å². The summed E-state index contributed by atoms with van der Waals surface area (Å²) in [6, 6.07) is 25.0. The zero-order valence-corrected chi connectivity index (χ0v) is 19.4. The highest BCUT2D eigenvalue weighted by atomic mass is 32.2. The summed E-state index contributed by atoms with van der Waals surface area (Å²) < 4.78 is 13.2. The Morgan fingerprint density at radius 3 is 2.47 bits per heavy atom. The SMILES string of the molecule is Cc1ccccc1OCCSc1nnc(-c2nn(Cc3ccccc3)c(=O)c3ccccc23)o1. The maximum Gasteiger partial charge on any atom is 0.277 e. The molecule has 0 saturated heterocycles. The summed E-state index contributed by atoms with van der Waals surface area (Å²) in [5, 5.41) is 14.6. The van der Waals surface area contributed by atoms with Crippen LogP contribution in [0.1, 0.15) is 11.1 Å². The van der Waals surface area contributed by atoms with E-state index in [1.165, 1.54) is 16.4 Å². The molecule has 34 heavy (non-hydrogen) atoms. The summed E-state index contributed by atoms with van der Waals surface area (Å²) in [5.41, 5.74) is 2.40. The van der Waals surface area contributed by atoms with Gasteiger partial charge in [-0.15, -0.1) is 10.2 Å². The first kappa shape index (κ1) is 21.9. The molecule has 0 atom stereocenters. The molecular weight excluding hydrogens is 448 g/mol. The fourth-order valence-corrected chi connectivity index (χ4v) is 4.20. The Kier molecular flexibility index (Phi) is 6.40. The largest absolute Gasteiger partial charge is 0.492 e. The van der Waals surface area contributed by atoms with Crippen LogP contribution in [0.15, 0.2) is 93.3 Å². The molecule has 0 saturated carbocycles. The Morgan fingerprint density at radius 1 is 0.912 bits per heavy atom. The first-order valence-electron chi connectivity index (χ1n) is 10.9. The molecule has 0 N–H and O–H groups in total. The van der Waals surface area contributed by atoms with Crippen molar-refractivity contribution in [3.8, 4) is 17.3 Å². The predicted molar refractivity (Wildman–Crippen MR) is 132 cm³/mol. The monoisotopic (exact) mass is 470 g/mol. The third kappa shape index (κ3) is 4.72. The average Bonchev–Trinajstić information content (AvgIpc) is 3.34. The van der Waals surface area contributed by atoms with Crippen LogP contribution < -0.4 is 10.3 Å². The fourth-order valence-electron chi connectivity index (χ4n) is 3.62. The summed E-state index contributed by atoms with van der Waals surface area (Å²) in [4.78, 5) is 13.1. The highest BCUT2D eigenvalue weighted by Crippen LogP contribution is 2.27. The van der Waals surface area contributed by atoms with Gasteiger partial charge in [0.05, 0.1) is 18.5 Å². The number of hydrogen-bond donors (Lipinski definition) is 0. The Hall–Kier alpha value is -3.91. The number of thioether (sulfide) groups is 1. The smallest absolute Gasteiger partial charge is 0.277 e. The van der Waals surface area contributed by atoms with E-state index in [1.54, 1.807) is 6.07 Å². The van der Waals surface area contributed by atoms with E-state index >= 15 is 0 Å². The number of benzene rings is 3. The second-order valence-corrected chi connectivity index (χ2v) is 8.72. The van der Waals surface area contributed by atoms with Crippen LogP contribution in [0.3, 0.4) is 0 Å². The maximum atomic E-state index is 13.1. The van der Waals surface area contributed by atoms with Crippen LogP contribution in [0.5, 0.6) is 5.75 Å². The van der Waals surface area contributed by atoms with Crippen molar-refractivity contribution in [1.82, 2.24) is 20.0 Å². The Labute approximate surface area is 200 Å². The van der Waals surface area contributed by atoms with Crippen molar-refractivity contribution in [2.75, 3.05) is 12.4 Å². The van der Waals surface area contributed by atoms with Crippen LogP contribution in [0, 0.1) is 6.92 Å². The molecule has 3 aromatic carbocycles. The van der Waals surface area contributed by atoms with Crippen LogP contribution in [-0.4, -0.2) is 32.3 Å². The number of fused-ring (bicyclic) bond motifs is 1. The highest BCUT2D eigenvalue weighted by molar-refractivity contribution is 7.99. The lowest BCUT2D eigenvalue weighted by Crippen LogP contribution is -2.24. The lowest BCUT2D eigenvalue weighted by molar-refractivity contribution is 0.341. The number of para-hydroxylation sites is 1. The van der Waals surface area contributed by atoms with E-state index in [1.807, 2.05) is 79.7 Å². The molecule has 5 rings (SSSR count). The molecule has 0 aliphatic carbocycles. The normalized spacial score (nSPS) is 11.1. The third-order valence-electron chi connectivity index (χ3n) is 5.31. The molecular formula is C26H22N4O3S. The van der Waals surface area contributed by atoms with Gasteiger partial charge in [-0.1, -0.05) is 78.5 Å². The van der Waals surface area contributed by atoms with E-state index in [4.69, 9.17) is 9.15 Å². The van der Waals surface area contributed by atoms with E-state index in [0.717, 1.165) is 16.9 Å². The molecule has 2 aromatic heterocycles. The van der Waals surface area contributed by atoms with Crippen molar-refractivity contribution in [1.29, 1.82) is 0 Å². The lowest BCUT2D eigenvalue weighted by Gasteiger charge is -2.09. The van der Waals surface area contributed by atoms with E-state index in [0.29, 0.717) is 40.6 Å². The Morgan fingerprint density at radius 2 is 1.65 bits per heavy atom. The molecule has 0 radical (unpaired) electrons. The number of hydrogen-bond acceptors (Lipinski definition) is 7. The van der Waals surface area contributed by atoms with Crippen LogP contribution in [0.4, 0.5) is 0 Å². The van der Waals surface area contributed by atoms with Gasteiger partial charge in [0.1, 0.15) is 5.75 Å². The van der Waals surface area contributed by atoms with Crippen molar-refractivity contribution in [3.05, 3.63) is 100 Å². The maximum absolute atomic E-state index is 13.1. The summed E-state index contributed by atoms with van der Waals surface area (Å²) in [6.07, 6.45) is 0. The van der Waals surface area contributed by atoms with Gasteiger partial charge in [0.15, 0.2) is 5.69 Å². The molecule has 0 amide bonds. The summed E-state index contributed by atoms with van der Waals surface area (Å²) >= 11 is 1.41. The lowest BCUT2D eigenvalue weighted by atomic mass is 10.1. The summed E-state index contributed by atoms with van der Waals surface area (Å²) in [5.74, 6) is 1.79. The van der Waals surface area contributed by atoms with Crippen LogP contribution in [0.25, 0.3) is 22.4 Å². The minimum absolute atomic E-state index is 0.161. The van der Waals surface area contributed by atoms with Gasteiger partial charge in [-0.2, -0.15) is 5.10 Å². The number of rotatable bonds is 8. The van der Waals surface area contributed by atoms with Crippen LogP contribution in [-0.2, 0) is 6.54 Å². The van der Waals surface area contributed by atoms with E-state index in [-0.39, 0.29) is 11.4 Å². The van der Waals surface area contributed by atoms with E-state index in [2.05, 4.69) is 15.3 Å². The molecule has 8 heteroatoms. The molecule has 0 spiro atoms. The number of nitrogens with zero attached hydrogens (tertiary/aromatic N) is 4. The summed E-state index contributed by atoms with van der Waals surface area (Å²) in [7, 11) is 0. The number of aromatic nitrogens is 4. The van der Waals surface area contributed by atoms with Crippen LogP contribution >= 0.6 is 11.8 Å². The van der Waals surface area contributed by atoms with Gasteiger partial charge >= 0.3 is 0 Å². The van der Waals surface area contributed by atoms with Gasteiger partial charge in [0.2, 0.25) is 0 Å². The molecule has 0 fully saturated rings. The van der Waals surface area contributed by atoms with E-state index < -0.39 is 0 Å². The van der Waals surface area contributed by atoms with Gasteiger partial charge in [-0.05, 0) is 30.2 Å². The van der Waals surface area contributed by atoms with Gasteiger partial charge in [0, 0.05) is 11.1 Å². The molecule has 170 valence electrons. The van der Waals surface area contributed by atoms with E-state index in [9.17, 15) is 4.79 Å². The highest BCUT2D eigenvalue weighted by Gasteiger charge is 2.18. The molecule has 5 aromatic rings. The van der Waals surface area contributed by atoms with Crippen molar-refractivity contribution < 1.29 is 9.15 Å². The molecule has 0 unspecified atom stereocenters. The average molecular weight is 471 g/mol. The first-order chi connectivity index (χ1) is 16.7. The molecule has 7 nitrogen and oxygen atoms in total. The quantitative estimate of drug-likeness (QED) is 0.234. The third-order valence-corrected chi connectivity index (χ3v) is 6.09. The predicted octanol–water partition coefficient (Wildman–Crippen LogP) is 4.97. The van der Waals surface area contributed by atoms with Crippen molar-refractivity contribution in [2.24, 2.45) is 0 Å². The summed E-state index contributed by atoms with van der Waals surface area (Å²) in [6.45, 7) is 2.88. The minimum Gasteiger partial charge on any atom is -0.492 e. The molecule has 0 aliphatic heterocycles.